The number of likely N-dealkylation sites (N-methyl/N-ethyl adjacent to an activating group) is 1. The maximum Gasteiger partial charge on any atom is 0.333 e. The number of carbonyl (C=O) groups excluding carboxylic acids is 1. The molecule has 0 fully saturated rings. The molecule has 0 N–H and O–H groups in total. The molecule has 0 rings (SSSR count). The molecule has 0 aromatic carbocycles. The van der Waals surface area contributed by atoms with Gasteiger partial charge in [0.1, 0.15) is 6.61 Å². The Kier molecular flexibility index (Phi) is 13.3. The average molecular weight is 312 g/mol. The van der Waals surface area contributed by atoms with Crippen LogP contribution in [0.15, 0.2) is 12.2 Å². The zero-order chi connectivity index (χ0) is 16.8. The summed E-state index contributed by atoms with van der Waals surface area (Å²) in [7, 11) is 0. The van der Waals surface area contributed by atoms with Crippen molar-refractivity contribution in [2.45, 2.75) is 85.1 Å². The summed E-state index contributed by atoms with van der Waals surface area (Å²) >= 11 is 0. The molecule has 0 heterocycles. The van der Waals surface area contributed by atoms with Crippen LogP contribution in [0.2, 0.25) is 0 Å². The monoisotopic (exact) mass is 311 g/mol. The van der Waals surface area contributed by atoms with Gasteiger partial charge < -0.3 is 4.74 Å². The van der Waals surface area contributed by atoms with E-state index >= 15 is 0 Å². The minimum atomic E-state index is -0.267. The van der Waals surface area contributed by atoms with E-state index < -0.39 is 0 Å². The van der Waals surface area contributed by atoms with Crippen LogP contribution in [-0.2, 0) is 9.53 Å². The maximum atomic E-state index is 11.6. The Labute approximate surface area is 138 Å². The van der Waals surface area contributed by atoms with E-state index in [9.17, 15) is 4.79 Å². The fraction of sp³-hybridized carbons (Fsp3) is 0.842. The van der Waals surface area contributed by atoms with Gasteiger partial charge in [-0.2, -0.15) is 0 Å². The van der Waals surface area contributed by atoms with Crippen LogP contribution in [0.5, 0.6) is 0 Å². The molecule has 0 amide bonds. The molecular formula is C19H37NO2. The number of nitrogens with zero attached hydrogens (tertiary/aromatic N) is 1. The van der Waals surface area contributed by atoms with Crippen LogP contribution >= 0.6 is 0 Å². The van der Waals surface area contributed by atoms with Crippen molar-refractivity contribution in [2.75, 3.05) is 19.7 Å². The highest BCUT2D eigenvalue weighted by Crippen LogP contribution is 2.14. The van der Waals surface area contributed by atoms with Crippen LogP contribution in [0.25, 0.3) is 0 Å². The van der Waals surface area contributed by atoms with Gasteiger partial charge in [0, 0.05) is 11.6 Å². The molecule has 0 aliphatic carbocycles. The maximum absolute atomic E-state index is 11.6. The molecule has 0 aromatic heterocycles. The fourth-order valence-corrected chi connectivity index (χ4v) is 2.74. The summed E-state index contributed by atoms with van der Waals surface area (Å²) in [5.41, 5.74) is 0.481. The van der Waals surface area contributed by atoms with Crippen molar-refractivity contribution in [2.24, 2.45) is 0 Å². The van der Waals surface area contributed by atoms with Gasteiger partial charge in [-0.1, -0.05) is 72.3 Å². The lowest BCUT2D eigenvalue weighted by Crippen LogP contribution is -2.39. The van der Waals surface area contributed by atoms with E-state index in [1.807, 2.05) is 0 Å². The van der Waals surface area contributed by atoms with Crippen LogP contribution < -0.4 is 0 Å². The van der Waals surface area contributed by atoms with Gasteiger partial charge in [0.15, 0.2) is 0 Å². The number of rotatable bonds is 14. The summed E-state index contributed by atoms with van der Waals surface area (Å²) in [6, 6.07) is 0.342. The van der Waals surface area contributed by atoms with Gasteiger partial charge in [-0.05, 0) is 26.4 Å². The molecule has 0 bridgehead atoms. The molecule has 1 unspecified atom stereocenters. The zero-order valence-corrected chi connectivity index (χ0v) is 15.3. The van der Waals surface area contributed by atoms with Crippen LogP contribution in [-0.4, -0.2) is 36.6 Å². The Hall–Kier alpha value is -0.830. The lowest BCUT2D eigenvalue weighted by atomic mass is 10.0. The molecule has 0 saturated carbocycles. The minimum Gasteiger partial charge on any atom is -0.461 e. The smallest absolute Gasteiger partial charge is 0.333 e. The summed E-state index contributed by atoms with van der Waals surface area (Å²) in [5.74, 6) is -0.267. The summed E-state index contributed by atoms with van der Waals surface area (Å²) in [6.45, 7) is 14.4. The third-order valence-electron chi connectivity index (χ3n) is 4.22. The molecule has 0 saturated heterocycles. The van der Waals surface area contributed by atoms with Gasteiger partial charge in [-0.25, -0.2) is 4.79 Å². The first-order valence-corrected chi connectivity index (χ1v) is 9.13. The van der Waals surface area contributed by atoms with E-state index in [4.69, 9.17) is 4.74 Å². The van der Waals surface area contributed by atoms with Crippen molar-refractivity contribution in [3.05, 3.63) is 12.2 Å². The van der Waals surface area contributed by atoms with Crippen molar-refractivity contribution in [3.63, 3.8) is 0 Å². The SMILES string of the molecule is C=C(C)C(=O)OCC(CCCCCCCCC)N(CC)CC. The highest BCUT2D eigenvalue weighted by Gasteiger charge is 2.17. The van der Waals surface area contributed by atoms with Gasteiger partial charge in [-0.15, -0.1) is 0 Å². The molecule has 3 nitrogen and oxygen atoms in total. The van der Waals surface area contributed by atoms with Gasteiger partial charge in [0.25, 0.3) is 0 Å². The van der Waals surface area contributed by atoms with E-state index in [1.54, 1.807) is 6.92 Å². The third-order valence-corrected chi connectivity index (χ3v) is 4.22. The lowest BCUT2D eigenvalue weighted by Gasteiger charge is -2.29. The first kappa shape index (κ1) is 21.2. The van der Waals surface area contributed by atoms with Crippen LogP contribution in [0.1, 0.15) is 79.1 Å². The van der Waals surface area contributed by atoms with Crippen molar-refractivity contribution in [1.82, 2.24) is 4.90 Å². The van der Waals surface area contributed by atoms with Gasteiger partial charge in [0.05, 0.1) is 0 Å². The average Bonchev–Trinajstić information content (AvgIpc) is 2.51. The molecule has 0 aliphatic rings. The normalized spacial score (nSPS) is 12.4. The zero-order valence-electron chi connectivity index (χ0n) is 15.3. The number of esters is 1. The molecule has 3 heteroatoms. The van der Waals surface area contributed by atoms with Crippen molar-refractivity contribution >= 4 is 5.97 Å². The standard InChI is InChI=1S/C19H37NO2/c1-6-9-10-11-12-13-14-15-18(20(7-2)8-3)16-22-19(21)17(4)5/h18H,4,6-16H2,1-3,5H3. The van der Waals surface area contributed by atoms with E-state index in [1.165, 1.54) is 44.9 Å². The number of hydrogen-bond acceptors (Lipinski definition) is 3. The molecule has 0 aliphatic heterocycles. The highest BCUT2D eigenvalue weighted by molar-refractivity contribution is 5.86. The van der Waals surface area contributed by atoms with Gasteiger partial charge >= 0.3 is 5.97 Å². The second-order valence-corrected chi connectivity index (χ2v) is 6.16. The van der Waals surface area contributed by atoms with Gasteiger partial charge in [-0.3, -0.25) is 4.90 Å². The summed E-state index contributed by atoms with van der Waals surface area (Å²) < 4.78 is 5.38. The summed E-state index contributed by atoms with van der Waals surface area (Å²) in [5, 5.41) is 0. The van der Waals surface area contributed by atoms with Crippen LogP contribution in [0.3, 0.4) is 0 Å². The Balaban J connectivity index is 4.08. The summed E-state index contributed by atoms with van der Waals surface area (Å²) in [6.07, 6.45) is 10.3. The Bertz CT molecular complexity index is 298. The second kappa shape index (κ2) is 13.8. The van der Waals surface area contributed by atoms with Crippen molar-refractivity contribution < 1.29 is 9.53 Å². The highest BCUT2D eigenvalue weighted by atomic mass is 16.5. The predicted molar refractivity (Wildman–Crippen MR) is 95.1 cm³/mol. The molecule has 0 spiro atoms. The van der Waals surface area contributed by atoms with E-state index in [0.29, 0.717) is 18.2 Å². The fourth-order valence-electron chi connectivity index (χ4n) is 2.74. The first-order valence-electron chi connectivity index (χ1n) is 9.13. The summed E-state index contributed by atoms with van der Waals surface area (Å²) in [4.78, 5) is 14.0. The Morgan fingerprint density at radius 1 is 1.00 bits per heavy atom. The van der Waals surface area contributed by atoms with Gasteiger partial charge in [0.2, 0.25) is 0 Å². The quantitative estimate of drug-likeness (QED) is 0.258. The number of carbonyl (C=O) groups is 1. The van der Waals surface area contributed by atoms with Crippen molar-refractivity contribution in [3.8, 4) is 0 Å². The Morgan fingerprint density at radius 2 is 1.55 bits per heavy atom. The molecular weight excluding hydrogens is 274 g/mol. The van der Waals surface area contributed by atoms with E-state index in [0.717, 1.165) is 19.5 Å². The number of hydrogen-bond donors (Lipinski definition) is 0. The molecule has 0 aromatic rings. The first-order chi connectivity index (χ1) is 10.6. The van der Waals surface area contributed by atoms with E-state index in [-0.39, 0.29) is 5.97 Å². The molecule has 1 atom stereocenters. The third kappa shape index (κ3) is 9.99. The topological polar surface area (TPSA) is 29.5 Å². The molecule has 0 radical (unpaired) electrons. The largest absolute Gasteiger partial charge is 0.461 e. The number of ether oxygens (including phenoxy) is 1. The van der Waals surface area contributed by atoms with Crippen LogP contribution in [0.4, 0.5) is 0 Å². The Morgan fingerprint density at radius 3 is 2.05 bits per heavy atom. The number of unbranched alkanes of at least 4 members (excludes halogenated alkanes) is 6. The molecule has 130 valence electrons. The van der Waals surface area contributed by atoms with E-state index in [2.05, 4.69) is 32.3 Å². The molecule has 22 heavy (non-hydrogen) atoms. The van der Waals surface area contributed by atoms with Crippen molar-refractivity contribution in [1.29, 1.82) is 0 Å². The second-order valence-electron chi connectivity index (χ2n) is 6.16. The lowest BCUT2D eigenvalue weighted by molar-refractivity contribution is -0.140. The predicted octanol–water partition coefficient (Wildman–Crippen LogP) is 4.96. The minimum absolute atomic E-state index is 0.267. The van der Waals surface area contributed by atoms with Crippen LogP contribution in [0, 0.1) is 0 Å².